The van der Waals surface area contributed by atoms with E-state index in [1.54, 1.807) is 7.11 Å². The number of ether oxygens (including phenoxy) is 1. The number of aliphatic imine (C=N–C) groups is 1. The number of guanidine groups is 1. The van der Waals surface area contributed by atoms with Crippen LogP contribution < -0.4 is 16.0 Å². The van der Waals surface area contributed by atoms with E-state index in [9.17, 15) is 0 Å². The van der Waals surface area contributed by atoms with Crippen molar-refractivity contribution in [3.05, 3.63) is 30.3 Å². The molecule has 5 nitrogen and oxygen atoms in total. The molecule has 1 aliphatic rings. The number of para-hydroxylation sites is 1. The highest BCUT2D eigenvalue weighted by atomic mass is 127. The Morgan fingerprint density at radius 2 is 1.89 bits per heavy atom. The van der Waals surface area contributed by atoms with Crippen molar-refractivity contribution in [1.82, 2.24) is 10.6 Å². The fourth-order valence-electron chi connectivity index (χ4n) is 3.41. The lowest BCUT2D eigenvalue weighted by Crippen LogP contribution is -2.49. The topological polar surface area (TPSA) is 57.7 Å². The lowest BCUT2D eigenvalue weighted by atomic mass is 9.67. The zero-order valence-electron chi connectivity index (χ0n) is 17.3. The molecule has 0 heterocycles. The molecular formula is C21H37IN4O. The van der Waals surface area contributed by atoms with Gasteiger partial charge in [-0.05, 0) is 42.7 Å². The first-order valence-electron chi connectivity index (χ1n) is 9.83. The summed E-state index contributed by atoms with van der Waals surface area (Å²) >= 11 is 0. The quantitative estimate of drug-likeness (QED) is 0.264. The summed E-state index contributed by atoms with van der Waals surface area (Å²) in [7, 11) is 3.62. The average molecular weight is 488 g/mol. The zero-order valence-corrected chi connectivity index (χ0v) is 19.6. The van der Waals surface area contributed by atoms with Gasteiger partial charge < -0.3 is 20.7 Å². The second kappa shape index (κ2) is 12.4. The predicted octanol–water partition coefficient (Wildman–Crippen LogP) is 4.11. The highest BCUT2D eigenvalue weighted by Gasteiger charge is 2.36. The Balaban J connectivity index is 0.00000364. The second-order valence-electron chi connectivity index (χ2n) is 7.76. The number of nitrogens with zero attached hydrogens (tertiary/aromatic N) is 1. The van der Waals surface area contributed by atoms with E-state index in [4.69, 9.17) is 4.74 Å². The molecule has 0 spiro atoms. The molecule has 1 saturated carbocycles. The standard InChI is InChI=1S/C21H36N4O.HI/c1-17(2)19(25-18-9-6-5-7-10-18)15-23-20(22-3)24-16-21(11-8-12-21)13-14-26-4;/h5-7,9-10,17,19,25H,8,11-16H2,1-4H3,(H2,22,23,24);1H. The Bertz CT molecular complexity index is 546. The molecule has 1 aromatic carbocycles. The molecule has 0 aromatic heterocycles. The third-order valence-corrected chi connectivity index (χ3v) is 5.53. The van der Waals surface area contributed by atoms with Crippen molar-refractivity contribution in [2.75, 3.05) is 39.2 Å². The van der Waals surface area contributed by atoms with Crippen molar-refractivity contribution in [1.29, 1.82) is 0 Å². The highest BCUT2D eigenvalue weighted by molar-refractivity contribution is 14.0. The van der Waals surface area contributed by atoms with Crippen molar-refractivity contribution in [3.8, 4) is 0 Å². The maximum Gasteiger partial charge on any atom is 0.191 e. The van der Waals surface area contributed by atoms with E-state index in [2.05, 4.69) is 59.1 Å². The summed E-state index contributed by atoms with van der Waals surface area (Å²) in [6.45, 7) is 7.12. The van der Waals surface area contributed by atoms with Crippen LogP contribution >= 0.6 is 24.0 Å². The lowest BCUT2D eigenvalue weighted by molar-refractivity contribution is 0.0732. The predicted molar refractivity (Wildman–Crippen MR) is 126 cm³/mol. The summed E-state index contributed by atoms with van der Waals surface area (Å²) in [6.07, 6.45) is 5.01. The molecule has 0 aliphatic heterocycles. The van der Waals surface area contributed by atoms with Crippen LogP contribution in [0.5, 0.6) is 0 Å². The van der Waals surface area contributed by atoms with Crippen LogP contribution in [0, 0.1) is 11.3 Å². The Morgan fingerprint density at radius 3 is 2.41 bits per heavy atom. The molecule has 1 aliphatic carbocycles. The fraction of sp³-hybridized carbons (Fsp3) is 0.667. The van der Waals surface area contributed by atoms with Crippen LogP contribution in [-0.4, -0.2) is 45.9 Å². The minimum atomic E-state index is 0. The smallest absolute Gasteiger partial charge is 0.191 e. The Labute approximate surface area is 182 Å². The van der Waals surface area contributed by atoms with Crippen molar-refractivity contribution in [2.24, 2.45) is 16.3 Å². The van der Waals surface area contributed by atoms with Crippen LogP contribution in [0.2, 0.25) is 0 Å². The van der Waals surface area contributed by atoms with Gasteiger partial charge in [-0.3, -0.25) is 4.99 Å². The average Bonchev–Trinajstić information content (AvgIpc) is 2.62. The molecule has 0 bridgehead atoms. The molecule has 6 heteroatoms. The van der Waals surface area contributed by atoms with Crippen molar-refractivity contribution < 1.29 is 4.74 Å². The van der Waals surface area contributed by atoms with Gasteiger partial charge in [0.15, 0.2) is 5.96 Å². The summed E-state index contributed by atoms with van der Waals surface area (Å²) in [6, 6.07) is 10.7. The van der Waals surface area contributed by atoms with E-state index >= 15 is 0 Å². The number of anilines is 1. The molecule has 1 atom stereocenters. The van der Waals surface area contributed by atoms with Gasteiger partial charge >= 0.3 is 0 Å². The molecule has 0 saturated heterocycles. The van der Waals surface area contributed by atoms with Gasteiger partial charge in [0.25, 0.3) is 0 Å². The molecule has 1 aromatic rings. The SMILES string of the molecule is CN=C(NCC(Nc1ccccc1)C(C)C)NCC1(CCOC)CCC1.I. The summed E-state index contributed by atoms with van der Waals surface area (Å²) in [5.41, 5.74) is 1.54. The van der Waals surface area contributed by atoms with E-state index in [1.807, 2.05) is 13.1 Å². The number of rotatable bonds is 10. The first-order valence-corrected chi connectivity index (χ1v) is 9.83. The molecule has 0 amide bonds. The Morgan fingerprint density at radius 1 is 1.19 bits per heavy atom. The summed E-state index contributed by atoms with van der Waals surface area (Å²) in [5, 5.41) is 10.6. The third-order valence-electron chi connectivity index (χ3n) is 5.53. The summed E-state index contributed by atoms with van der Waals surface area (Å²) < 4.78 is 5.29. The Kier molecular flexibility index (Phi) is 11.1. The van der Waals surface area contributed by atoms with Crippen LogP contribution in [0.15, 0.2) is 35.3 Å². The van der Waals surface area contributed by atoms with Gasteiger partial charge in [-0.15, -0.1) is 24.0 Å². The Hall–Kier alpha value is -1.02. The molecule has 2 rings (SSSR count). The normalized spacial score (nSPS) is 16.9. The van der Waals surface area contributed by atoms with Gasteiger partial charge in [-0.2, -0.15) is 0 Å². The summed E-state index contributed by atoms with van der Waals surface area (Å²) in [5.74, 6) is 1.40. The zero-order chi connectivity index (χ0) is 18.8. The largest absolute Gasteiger partial charge is 0.385 e. The molecule has 27 heavy (non-hydrogen) atoms. The minimum absolute atomic E-state index is 0. The molecule has 0 radical (unpaired) electrons. The van der Waals surface area contributed by atoms with Gasteiger partial charge in [0.1, 0.15) is 0 Å². The second-order valence-corrected chi connectivity index (χ2v) is 7.76. The van der Waals surface area contributed by atoms with E-state index in [1.165, 1.54) is 19.3 Å². The van der Waals surface area contributed by atoms with E-state index < -0.39 is 0 Å². The van der Waals surface area contributed by atoms with Gasteiger partial charge in [0.2, 0.25) is 0 Å². The number of benzene rings is 1. The lowest BCUT2D eigenvalue weighted by Gasteiger charge is -2.42. The number of hydrogen-bond donors (Lipinski definition) is 3. The van der Waals surface area contributed by atoms with E-state index in [-0.39, 0.29) is 24.0 Å². The molecule has 3 N–H and O–H groups in total. The van der Waals surface area contributed by atoms with Crippen LogP contribution in [0.4, 0.5) is 5.69 Å². The fourth-order valence-corrected chi connectivity index (χ4v) is 3.41. The molecule has 1 unspecified atom stereocenters. The number of methoxy groups -OCH3 is 1. The van der Waals surface area contributed by atoms with Crippen molar-refractivity contribution in [2.45, 2.75) is 45.6 Å². The van der Waals surface area contributed by atoms with Crippen LogP contribution in [-0.2, 0) is 4.74 Å². The van der Waals surface area contributed by atoms with E-state index in [0.29, 0.717) is 17.4 Å². The van der Waals surface area contributed by atoms with Gasteiger partial charge in [-0.1, -0.05) is 38.5 Å². The maximum absolute atomic E-state index is 5.29. The van der Waals surface area contributed by atoms with Crippen LogP contribution in [0.25, 0.3) is 0 Å². The molecule has 154 valence electrons. The van der Waals surface area contributed by atoms with Crippen molar-refractivity contribution >= 4 is 35.6 Å². The number of halogens is 1. The molecule has 1 fully saturated rings. The maximum atomic E-state index is 5.29. The van der Waals surface area contributed by atoms with Crippen LogP contribution in [0.3, 0.4) is 0 Å². The van der Waals surface area contributed by atoms with Gasteiger partial charge in [-0.25, -0.2) is 0 Å². The van der Waals surface area contributed by atoms with Crippen molar-refractivity contribution in [3.63, 3.8) is 0 Å². The van der Waals surface area contributed by atoms with E-state index in [0.717, 1.165) is 37.8 Å². The van der Waals surface area contributed by atoms with Gasteiger partial charge in [0.05, 0.1) is 0 Å². The highest BCUT2D eigenvalue weighted by Crippen LogP contribution is 2.43. The van der Waals surface area contributed by atoms with Crippen LogP contribution in [0.1, 0.15) is 39.5 Å². The number of nitrogens with one attached hydrogen (secondary N) is 3. The first-order chi connectivity index (χ1) is 12.6. The third kappa shape index (κ3) is 7.86. The first kappa shape index (κ1) is 24.0. The number of hydrogen-bond acceptors (Lipinski definition) is 3. The molecular weight excluding hydrogens is 451 g/mol. The monoisotopic (exact) mass is 488 g/mol. The minimum Gasteiger partial charge on any atom is -0.385 e. The summed E-state index contributed by atoms with van der Waals surface area (Å²) in [4.78, 5) is 4.40. The van der Waals surface area contributed by atoms with Gasteiger partial charge in [0, 0.05) is 45.6 Å².